The van der Waals surface area contributed by atoms with Gasteiger partial charge >= 0.3 is 0 Å². The van der Waals surface area contributed by atoms with Crippen molar-refractivity contribution in [1.82, 2.24) is 4.90 Å². The van der Waals surface area contributed by atoms with Crippen LogP contribution in [0.5, 0.6) is 0 Å². The molecule has 0 bridgehead atoms. The highest BCUT2D eigenvalue weighted by Crippen LogP contribution is 2.65. The Bertz CT molecular complexity index is 335. The van der Waals surface area contributed by atoms with E-state index in [0.717, 1.165) is 12.5 Å². The summed E-state index contributed by atoms with van der Waals surface area (Å²) >= 11 is 0. The quantitative estimate of drug-likeness (QED) is 0.757. The molecule has 2 unspecified atom stereocenters. The molecule has 2 atom stereocenters. The van der Waals surface area contributed by atoms with Crippen LogP contribution in [-0.2, 0) is 0 Å². The predicted octanol–water partition coefficient (Wildman–Crippen LogP) is 2.55. The van der Waals surface area contributed by atoms with Gasteiger partial charge in [-0.3, -0.25) is 4.90 Å². The summed E-state index contributed by atoms with van der Waals surface area (Å²) in [6, 6.07) is 0. The van der Waals surface area contributed by atoms with Crippen molar-refractivity contribution >= 4 is 0 Å². The molecule has 0 amide bonds. The molecule has 0 radical (unpaired) electrons. The number of rotatable bonds is 4. The molecule has 1 heterocycles. The van der Waals surface area contributed by atoms with Gasteiger partial charge in [0.25, 0.3) is 0 Å². The van der Waals surface area contributed by atoms with Crippen molar-refractivity contribution in [1.29, 1.82) is 0 Å². The highest BCUT2D eigenvalue weighted by Gasteiger charge is 2.61. The summed E-state index contributed by atoms with van der Waals surface area (Å²) in [4.78, 5) is 2.74. The van der Waals surface area contributed by atoms with E-state index in [1.807, 2.05) is 0 Å². The molecule has 0 aromatic heterocycles. The normalized spacial score (nSPS) is 36.4. The zero-order valence-corrected chi connectivity index (χ0v) is 11.3. The summed E-state index contributed by atoms with van der Waals surface area (Å²) in [5.41, 5.74) is 8.76. The van der Waals surface area contributed by atoms with Gasteiger partial charge in [0.05, 0.1) is 0 Å². The van der Waals surface area contributed by atoms with Crippen LogP contribution in [0.3, 0.4) is 0 Å². The van der Waals surface area contributed by atoms with Gasteiger partial charge in [-0.25, -0.2) is 0 Å². The maximum Gasteiger partial charge on any atom is 0.0327 e. The van der Waals surface area contributed by atoms with E-state index in [9.17, 15) is 0 Å². The molecule has 1 saturated heterocycles. The summed E-state index contributed by atoms with van der Waals surface area (Å²) < 4.78 is 0. The Morgan fingerprint density at radius 3 is 2.82 bits per heavy atom. The van der Waals surface area contributed by atoms with Crippen molar-refractivity contribution in [2.24, 2.45) is 17.1 Å². The maximum atomic E-state index is 6.10. The van der Waals surface area contributed by atoms with Crippen LogP contribution in [0.1, 0.15) is 46.0 Å². The zero-order valence-electron chi connectivity index (χ0n) is 11.3. The third-order valence-electron chi connectivity index (χ3n) is 5.99. The first-order chi connectivity index (χ1) is 8.20. The van der Waals surface area contributed by atoms with Crippen molar-refractivity contribution in [3.8, 4) is 0 Å². The minimum absolute atomic E-state index is 0.278. The number of likely N-dealkylation sites (tertiary alicyclic amines) is 1. The molecular weight excluding hydrogens is 208 g/mol. The number of hydrogen-bond donors (Lipinski definition) is 1. The maximum absolute atomic E-state index is 6.10. The van der Waals surface area contributed by atoms with E-state index in [1.165, 1.54) is 45.2 Å². The van der Waals surface area contributed by atoms with Gasteiger partial charge in [0, 0.05) is 30.6 Å². The molecule has 0 aromatic carbocycles. The fourth-order valence-electron chi connectivity index (χ4n) is 4.41. The first-order valence-electron chi connectivity index (χ1n) is 7.35. The second-order valence-corrected chi connectivity index (χ2v) is 6.35. The molecule has 0 aromatic rings. The lowest BCUT2D eigenvalue weighted by molar-refractivity contribution is 0.106. The number of allylic oxidation sites excluding steroid dienone is 1. The van der Waals surface area contributed by atoms with Gasteiger partial charge in [0.2, 0.25) is 0 Å². The van der Waals surface area contributed by atoms with Gasteiger partial charge in [-0.15, -0.1) is 0 Å². The van der Waals surface area contributed by atoms with E-state index in [4.69, 9.17) is 5.73 Å². The molecular formula is C15H26N2. The number of hydrogen-bond acceptors (Lipinski definition) is 2. The first kappa shape index (κ1) is 11.7. The van der Waals surface area contributed by atoms with E-state index in [2.05, 4.69) is 24.8 Å². The van der Waals surface area contributed by atoms with Gasteiger partial charge in [-0.2, -0.15) is 0 Å². The molecule has 2 aliphatic carbocycles. The van der Waals surface area contributed by atoms with Crippen LogP contribution in [-0.4, -0.2) is 30.1 Å². The van der Waals surface area contributed by atoms with Crippen LogP contribution < -0.4 is 5.73 Å². The molecule has 1 spiro atoms. The van der Waals surface area contributed by atoms with Crippen molar-refractivity contribution in [2.75, 3.05) is 19.6 Å². The summed E-state index contributed by atoms with van der Waals surface area (Å²) in [7, 11) is 0. The van der Waals surface area contributed by atoms with Crippen LogP contribution in [0.2, 0.25) is 0 Å². The summed E-state index contributed by atoms with van der Waals surface area (Å²) in [5.74, 6) is 0.937. The Kier molecular flexibility index (Phi) is 2.64. The Morgan fingerprint density at radius 2 is 2.24 bits per heavy atom. The number of nitrogens with zero attached hydrogens (tertiary/aromatic N) is 1. The molecule has 2 fully saturated rings. The monoisotopic (exact) mass is 234 g/mol. The molecule has 3 aliphatic rings. The molecule has 96 valence electrons. The second-order valence-electron chi connectivity index (χ2n) is 6.35. The average molecular weight is 234 g/mol. The first-order valence-corrected chi connectivity index (χ1v) is 7.35. The van der Waals surface area contributed by atoms with E-state index in [0.29, 0.717) is 5.41 Å². The lowest BCUT2D eigenvalue weighted by Crippen LogP contribution is -2.52. The predicted molar refractivity (Wildman–Crippen MR) is 71.8 cm³/mol. The summed E-state index contributed by atoms with van der Waals surface area (Å²) in [5, 5.41) is 0. The van der Waals surface area contributed by atoms with Crippen molar-refractivity contribution < 1.29 is 0 Å². The molecule has 1 aliphatic heterocycles. The van der Waals surface area contributed by atoms with Crippen molar-refractivity contribution in [2.45, 2.75) is 51.5 Å². The van der Waals surface area contributed by atoms with Gasteiger partial charge in [0.1, 0.15) is 0 Å². The third-order valence-corrected chi connectivity index (χ3v) is 5.99. The molecule has 17 heavy (non-hydrogen) atoms. The molecule has 3 rings (SSSR count). The van der Waals surface area contributed by atoms with Gasteiger partial charge in [-0.05, 0) is 38.0 Å². The zero-order chi connectivity index (χ0) is 12.1. The van der Waals surface area contributed by atoms with E-state index < -0.39 is 0 Å². The van der Waals surface area contributed by atoms with E-state index in [1.54, 1.807) is 5.57 Å². The average Bonchev–Trinajstić information content (AvgIpc) is 2.95. The fourth-order valence-corrected chi connectivity index (χ4v) is 4.41. The van der Waals surface area contributed by atoms with E-state index >= 15 is 0 Å². The van der Waals surface area contributed by atoms with Crippen LogP contribution in [0.15, 0.2) is 11.6 Å². The van der Waals surface area contributed by atoms with Gasteiger partial charge in [0.15, 0.2) is 0 Å². The molecule has 2 N–H and O–H groups in total. The standard InChI is InChI=1S/C15H26N2/c1-3-14(4-2,10-16)17-9-13-7-5-6-12-8-15(12,13)11-17/h6,13H,3-5,7-11,16H2,1-2H3. The van der Waals surface area contributed by atoms with Crippen LogP contribution in [0.4, 0.5) is 0 Å². The Balaban J connectivity index is 1.82. The SMILES string of the molecule is CCC(CC)(CN)N1CC2CCC=C3CC32C1. The third kappa shape index (κ3) is 1.47. The van der Waals surface area contributed by atoms with Crippen LogP contribution in [0.25, 0.3) is 0 Å². The van der Waals surface area contributed by atoms with Crippen molar-refractivity contribution in [3.63, 3.8) is 0 Å². The molecule has 2 heteroatoms. The summed E-state index contributed by atoms with van der Waals surface area (Å²) in [6.45, 7) is 8.03. The Morgan fingerprint density at radius 1 is 1.47 bits per heavy atom. The lowest BCUT2D eigenvalue weighted by atomic mass is 9.85. The van der Waals surface area contributed by atoms with Crippen molar-refractivity contribution in [3.05, 3.63) is 11.6 Å². The minimum Gasteiger partial charge on any atom is -0.329 e. The fraction of sp³-hybridized carbons (Fsp3) is 0.867. The second kappa shape index (κ2) is 3.83. The van der Waals surface area contributed by atoms with Gasteiger partial charge in [-0.1, -0.05) is 25.5 Å². The van der Waals surface area contributed by atoms with Gasteiger partial charge < -0.3 is 5.73 Å². The lowest BCUT2D eigenvalue weighted by Gasteiger charge is -2.40. The Labute approximate surface area is 105 Å². The van der Waals surface area contributed by atoms with Crippen LogP contribution in [0, 0.1) is 11.3 Å². The highest BCUT2D eigenvalue weighted by molar-refractivity contribution is 5.39. The smallest absolute Gasteiger partial charge is 0.0327 e. The molecule has 2 nitrogen and oxygen atoms in total. The summed E-state index contributed by atoms with van der Waals surface area (Å²) in [6.07, 6.45) is 9.03. The largest absolute Gasteiger partial charge is 0.329 e. The van der Waals surface area contributed by atoms with E-state index in [-0.39, 0.29) is 5.54 Å². The Hall–Kier alpha value is -0.340. The molecule has 1 saturated carbocycles. The topological polar surface area (TPSA) is 29.3 Å². The van der Waals surface area contributed by atoms with Crippen LogP contribution >= 0.6 is 0 Å². The number of nitrogens with two attached hydrogens (primary N) is 1. The highest BCUT2D eigenvalue weighted by atomic mass is 15.3. The minimum atomic E-state index is 0.278.